The number of aromatic nitrogens is 3. The number of aryl methyl sites for hydroxylation is 1. The van der Waals surface area contributed by atoms with Crippen molar-refractivity contribution in [3.63, 3.8) is 0 Å². The van der Waals surface area contributed by atoms with Crippen LogP contribution in [0.4, 0.5) is 0 Å². The molecule has 108 valence electrons. The van der Waals surface area contributed by atoms with E-state index in [-0.39, 0.29) is 0 Å². The number of para-hydroxylation sites is 1. The molecular weight excluding hydrogens is 326 g/mol. The predicted octanol–water partition coefficient (Wildman–Crippen LogP) is 4.73. The fourth-order valence-electron chi connectivity index (χ4n) is 2.50. The van der Waals surface area contributed by atoms with Crippen LogP contribution < -0.4 is 0 Å². The maximum absolute atomic E-state index is 4.75. The van der Waals surface area contributed by atoms with Crippen LogP contribution in [0, 0.1) is 0 Å². The number of hydrogen-bond acceptors (Lipinski definition) is 2. The Bertz CT molecular complexity index is 706. The molecule has 3 rings (SSSR count). The summed E-state index contributed by atoms with van der Waals surface area (Å²) in [6.07, 6.45) is 6.56. The lowest BCUT2D eigenvalue weighted by molar-refractivity contribution is 0.726. The number of hydrogen-bond donors (Lipinski definition) is 1. The van der Waals surface area contributed by atoms with Crippen LogP contribution in [-0.2, 0) is 6.42 Å². The fraction of sp³-hybridized carbons (Fsp3) is 0.294. The van der Waals surface area contributed by atoms with Gasteiger partial charge in [0.05, 0.1) is 11.0 Å². The van der Waals surface area contributed by atoms with E-state index < -0.39 is 0 Å². The molecule has 0 spiro atoms. The third-order valence-electron chi connectivity index (χ3n) is 3.58. The Morgan fingerprint density at radius 3 is 2.76 bits per heavy atom. The summed E-state index contributed by atoms with van der Waals surface area (Å²) < 4.78 is 0. The summed E-state index contributed by atoms with van der Waals surface area (Å²) in [6, 6.07) is 12.2. The SMILES string of the molecule is BrCCCCCc1cccc2[nH]c(-c3ccccn3)nc12. The number of nitrogens with zero attached hydrogens (tertiary/aromatic N) is 2. The zero-order valence-corrected chi connectivity index (χ0v) is 13.4. The predicted molar refractivity (Wildman–Crippen MR) is 90.7 cm³/mol. The van der Waals surface area contributed by atoms with E-state index in [0.29, 0.717) is 0 Å². The average Bonchev–Trinajstić information content (AvgIpc) is 2.97. The first-order valence-electron chi connectivity index (χ1n) is 7.33. The van der Waals surface area contributed by atoms with Crippen molar-refractivity contribution in [3.8, 4) is 11.5 Å². The molecule has 4 heteroatoms. The molecule has 0 aliphatic rings. The molecule has 2 aromatic heterocycles. The Morgan fingerprint density at radius 1 is 1.00 bits per heavy atom. The average molecular weight is 344 g/mol. The van der Waals surface area contributed by atoms with Gasteiger partial charge in [0.2, 0.25) is 0 Å². The second-order valence-electron chi connectivity index (χ2n) is 5.11. The van der Waals surface area contributed by atoms with Crippen molar-refractivity contribution < 1.29 is 0 Å². The van der Waals surface area contributed by atoms with Gasteiger partial charge < -0.3 is 4.98 Å². The van der Waals surface area contributed by atoms with Crippen molar-refractivity contribution in [2.24, 2.45) is 0 Å². The van der Waals surface area contributed by atoms with Crippen LogP contribution in [0.25, 0.3) is 22.6 Å². The summed E-state index contributed by atoms with van der Waals surface area (Å²) in [6.45, 7) is 0. The zero-order valence-electron chi connectivity index (χ0n) is 11.8. The Hall–Kier alpha value is -1.68. The first-order valence-corrected chi connectivity index (χ1v) is 8.45. The van der Waals surface area contributed by atoms with Gasteiger partial charge in [0, 0.05) is 11.5 Å². The van der Waals surface area contributed by atoms with Crippen molar-refractivity contribution >= 4 is 27.0 Å². The largest absolute Gasteiger partial charge is 0.337 e. The topological polar surface area (TPSA) is 41.6 Å². The molecule has 21 heavy (non-hydrogen) atoms. The first kappa shape index (κ1) is 14.3. The number of rotatable bonds is 6. The summed E-state index contributed by atoms with van der Waals surface area (Å²) in [5, 5.41) is 1.09. The summed E-state index contributed by atoms with van der Waals surface area (Å²) in [5.41, 5.74) is 4.38. The number of halogens is 1. The number of alkyl halides is 1. The number of fused-ring (bicyclic) bond motifs is 1. The van der Waals surface area contributed by atoms with E-state index in [4.69, 9.17) is 4.98 Å². The Labute approximate surface area is 133 Å². The minimum absolute atomic E-state index is 0.846. The fourth-order valence-corrected chi connectivity index (χ4v) is 2.90. The standard InChI is InChI=1S/C17H18BrN3/c18-11-4-1-2-7-13-8-6-10-14-16(13)21-17(20-14)15-9-3-5-12-19-15/h3,5-6,8-10,12H,1-2,4,7,11H2,(H,20,21). The van der Waals surface area contributed by atoms with Crippen LogP contribution in [0.3, 0.4) is 0 Å². The van der Waals surface area contributed by atoms with E-state index >= 15 is 0 Å². The highest BCUT2D eigenvalue weighted by molar-refractivity contribution is 9.09. The molecule has 0 saturated carbocycles. The van der Waals surface area contributed by atoms with Crippen LogP contribution in [0.1, 0.15) is 24.8 Å². The quantitative estimate of drug-likeness (QED) is 0.519. The van der Waals surface area contributed by atoms with Crippen molar-refractivity contribution in [2.45, 2.75) is 25.7 Å². The molecule has 0 aliphatic carbocycles. The third kappa shape index (κ3) is 3.32. The Morgan fingerprint density at radius 2 is 1.95 bits per heavy atom. The van der Waals surface area contributed by atoms with E-state index in [1.807, 2.05) is 18.2 Å². The Balaban J connectivity index is 1.87. The highest BCUT2D eigenvalue weighted by atomic mass is 79.9. The van der Waals surface area contributed by atoms with Gasteiger partial charge in [-0.3, -0.25) is 4.98 Å². The minimum atomic E-state index is 0.846. The molecule has 0 radical (unpaired) electrons. The smallest absolute Gasteiger partial charge is 0.157 e. The van der Waals surface area contributed by atoms with E-state index in [2.05, 4.69) is 44.1 Å². The Kier molecular flexibility index (Phi) is 4.65. The number of unbranched alkanes of at least 4 members (excludes halogenated alkanes) is 2. The molecule has 0 atom stereocenters. The van der Waals surface area contributed by atoms with Crippen LogP contribution >= 0.6 is 15.9 Å². The molecular formula is C17H18BrN3. The molecule has 0 aliphatic heterocycles. The lowest BCUT2D eigenvalue weighted by atomic mass is 10.1. The summed E-state index contributed by atoms with van der Waals surface area (Å²) in [4.78, 5) is 12.5. The minimum Gasteiger partial charge on any atom is -0.337 e. The molecule has 0 saturated heterocycles. The van der Waals surface area contributed by atoms with Gasteiger partial charge in [-0.1, -0.05) is 40.5 Å². The van der Waals surface area contributed by atoms with Crippen LogP contribution in [0.15, 0.2) is 42.6 Å². The van der Waals surface area contributed by atoms with E-state index in [9.17, 15) is 0 Å². The molecule has 1 aromatic carbocycles. The van der Waals surface area contributed by atoms with Gasteiger partial charge in [0.1, 0.15) is 5.69 Å². The molecule has 2 heterocycles. The monoisotopic (exact) mass is 343 g/mol. The van der Waals surface area contributed by atoms with Crippen molar-refractivity contribution in [1.82, 2.24) is 15.0 Å². The number of imidazole rings is 1. The number of nitrogens with one attached hydrogen (secondary N) is 1. The molecule has 1 N–H and O–H groups in total. The van der Waals surface area contributed by atoms with Gasteiger partial charge in [-0.25, -0.2) is 4.98 Å². The van der Waals surface area contributed by atoms with Gasteiger partial charge >= 0.3 is 0 Å². The zero-order chi connectivity index (χ0) is 14.5. The second kappa shape index (κ2) is 6.85. The van der Waals surface area contributed by atoms with Gasteiger partial charge in [0.15, 0.2) is 5.82 Å². The van der Waals surface area contributed by atoms with Crippen molar-refractivity contribution in [2.75, 3.05) is 5.33 Å². The highest BCUT2D eigenvalue weighted by Crippen LogP contribution is 2.22. The summed E-state index contributed by atoms with van der Waals surface area (Å²) in [5.74, 6) is 0.846. The van der Waals surface area contributed by atoms with E-state index in [1.165, 1.54) is 24.8 Å². The lowest BCUT2D eigenvalue weighted by Gasteiger charge is -2.01. The maximum atomic E-state index is 4.75. The third-order valence-corrected chi connectivity index (χ3v) is 4.14. The van der Waals surface area contributed by atoms with E-state index in [0.717, 1.165) is 34.3 Å². The van der Waals surface area contributed by atoms with Gasteiger partial charge in [0.25, 0.3) is 0 Å². The summed E-state index contributed by atoms with van der Waals surface area (Å²) >= 11 is 3.48. The lowest BCUT2D eigenvalue weighted by Crippen LogP contribution is -1.88. The van der Waals surface area contributed by atoms with Crippen LogP contribution in [0.5, 0.6) is 0 Å². The van der Waals surface area contributed by atoms with Gasteiger partial charge in [-0.05, 0) is 43.0 Å². The molecule has 0 unspecified atom stereocenters. The second-order valence-corrected chi connectivity index (χ2v) is 5.91. The highest BCUT2D eigenvalue weighted by Gasteiger charge is 2.09. The molecule has 3 nitrogen and oxygen atoms in total. The van der Waals surface area contributed by atoms with Crippen molar-refractivity contribution in [3.05, 3.63) is 48.2 Å². The van der Waals surface area contributed by atoms with Crippen LogP contribution in [0.2, 0.25) is 0 Å². The maximum Gasteiger partial charge on any atom is 0.157 e. The number of benzene rings is 1. The van der Waals surface area contributed by atoms with Gasteiger partial charge in [-0.2, -0.15) is 0 Å². The van der Waals surface area contributed by atoms with E-state index in [1.54, 1.807) is 6.20 Å². The molecule has 0 fully saturated rings. The number of H-pyrrole nitrogens is 1. The number of aromatic amines is 1. The summed E-state index contributed by atoms with van der Waals surface area (Å²) in [7, 11) is 0. The molecule has 0 bridgehead atoms. The first-order chi connectivity index (χ1) is 10.4. The van der Waals surface area contributed by atoms with Crippen LogP contribution in [-0.4, -0.2) is 20.3 Å². The molecule has 0 amide bonds. The van der Waals surface area contributed by atoms with Gasteiger partial charge in [-0.15, -0.1) is 0 Å². The normalized spacial score (nSPS) is 11.1. The molecule has 3 aromatic rings. The number of pyridine rings is 1. The van der Waals surface area contributed by atoms with Crippen molar-refractivity contribution in [1.29, 1.82) is 0 Å².